The van der Waals surface area contributed by atoms with Crippen LogP contribution in [0, 0.1) is 0 Å². The highest BCUT2D eigenvalue weighted by Crippen LogP contribution is 2.29. The molecule has 0 saturated heterocycles. The molecule has 0 amide bonds. The van der Waals surface area contributed by atoms with Crippen LogP contribution in [-0.2, 0) is 10.0 Å². The van der Waals surface area contributed by atoms with Crippen LogP contribution >= 0.6 is 11.3 Å². The zero-order chi connectivity index (χ0) is 8.77. The highest BCUT2D eigenvalue weighted by molar-refractivity contribution is 7.90. The van der Waals surface area contributed by atoms with Crippen molar-refractivity contribution in [1.29, 1.82) is 0 Å². The monoisotopic (exact) mass is 203 g/mol. The molecule has 0 fully saturated rings. The van der Waals surface area contributed by atoms with Crippen molar-refractivity contribution in [3.8, 4) is 0 Å². The number of hydrogen-bond acceptors (Lipinski definition) is 4. The Hall–Kier alpha value is -1.01. The Balaban J connectivity index is 2.77. The van der Waals surface area contributed by atoms with Gasteiger partial charge in [0.25, 0.3) is 10.0 Å². The van der Waals surface area contributed by atoms with E-state index in [0.717, 1.165) is 6.20 Å². The molecule has 1 aliphatic rings. The second kappa shape index (κ2) is 2.24. The number of thiophene rings is 1. The van der Waals surface area contributed by atoms with Crippen molar-refractivity contribution in [2.75, 3.05) is 0 Å². The number of nitrogens with one attached hydrogen (secondary N) is 1. The van der Waals surface area contributed by atoms with Crippen molar-refractivity contribution in [1.82, 2.24) is 4.72 Å². The smallest absolute Gasteiger partial charge is 0.263 e. The maximum Gasteiger partial charge on any atom is 0.263 e. The first kappa shape index (κ1) is 7.63. The molecule has 2 N–H and O–H groups in total. The molecule has 0 aromatic carbocycles. The van der Waals surface area contributed by atoms with Gasteiger partial charge in [-0.05, 0) is 11.4 Å². The third-order valence-electron chi connectivity index (χ3n) is 1.50. The van der Waals surface area contributed by atoms with Gasteiger partial charge in [0, 0.05) is 0 Å². The van der Waals surface area contributed by atoms with Gasteiger partial charge in [0.05, 0.1) is 11.1 Å². The van der Waals surface area contributed by atoms with Gasteiger partial charge in [-0.3, -0.25) is 4.72 Å². The second-order valence-corrected chi connectivity index (χ2v) is 4.86. The van der Waals surface area contributed by atoms with Crippen LogP contribution in [-0.4, -0.2) is 13.5 Å². The van der Waals surface area contributed by atoms with Crippen LogP contribution in [0.5, 0.6) is 0 Å². The van der Waals surface area contributed by atoms with E-state index in [0.29, 0.717) is 4.88 Å². The minimum absolute atomic E-state index is 0.0326. The minimum atomic E-state index is -3.41. The van der Waals surface area contributed by atoms with Crippen molar-refractivity contribution < 1.29 is 13.5 Å². The molecule has 0 spiro atoms. The lowest BCUT2D eigenvalue weighted by molar-refractivity contribution is 0.505. The Kier molecular flexibility index (Phi) is 1.42. The van der Waals surface area contributed by atoms with E-state index in [9.17, 15) is 13.5 Å². The summed E-state index contributed by atoms with van der Waals surface area (Å²) in [7, 11) is -3.41. The lowest BCUT2D eigenvalue weighted by Gasteiger charge is -2.10. The van der Waals surface area contributed by atoms with Gasteiger partial charge < -0.3 is 5.11 Å². The number of fused-ring (bicyclic) bond motifs is 1. The van der Waals surface area contributed by atoms with Crippen molar-refractivity contribution in [3.05, 3.63) is 22.5 Å². The zero-order valence-electron chi connectivity index (χ0n) is 5.81. The molecular weight excluding hydrogens is 198 g/mol. The molecule has 1 aliphatic heterocycles. The quantitative estimate of drug-likeness (QED) is 0.658. The van der Waals surface area contributed by atoms with Gasteiger partial charge in [-0.1, -0.05) is 0 Å². The van der Waals surface area contributed by atoms with Crippen LogP contribution in [0.15, 0.2) is 22.5 Å². The van der Waals surface area contributed by atoms with Crippen LogP contribution in [0.3, 0.4) is 0 Å². The first-order valence-electron chi connectivity index (χ1n) is 3.10. The Morgan fingerprint density at radius 2 is 2.25 bits per heavy atom. The summed E-state index contributed by atoms with van der Waals surface area (Å²) in [6.45, 7) is 0. The van der Waals surface area contributed by atoms with Gasteiger partial charge >= 0.3 is 0 Å². The van der Waals surface area contributed by atoms with Gasteiger partial charge in [0.2, 0.25) is 0 Å². The molecule has 0 atom stereocenters. The molecular formula is C6H5NO3S2. The summed E-state index contributed by atoms with van der Waals surface area (Å²) in [5, 5.41) is 10.9. The Morgan fingerprint density at radius 3 is 2.92 bits per heavy atom. The average Bonchev–Trinajstić information content (AvgIpc) is 2.46. The lowest BCUT2D eigenvalue weighted by atomic mass is 10.4. The summed E-state index contributed by atoms with van der Waals surface area (Å²) in [4.78, 5) is 0.543. The number of sulfonamides is 1. The van der Waals surface area contributed by atoms with E-state index in [-0.39, 0.29) is 10.7 Å². The van der Waals surface area contributed by atoms with Gasteiger partial charge in [0.1, 0.15) is 4.90 Å². The third kappa shape index (κ3) is 0.919. The topological polar surface area (TPSA) is 66.4 Å². The molecule has 0 unspecified atom stereocenters. The van der Waals surface area contributed by atoms with Gasteiger partial charge in [-0.15, -0.1) is 11.3 Å². The standard InChI is InChI=1S/C6H5NO3S2/c8-4-3-7-12(9,10)5-1-2-11-6(4)5/h1-3,7-8H. The van der Waals surface area contributed by atoms with E-state index in [1.54, 1.807) is 5.38 Å². The summed E-state index contributed by atoms with van der Waals surface area (Å²) in [5.74, 6) is -0.0326. The first-order chi connectivity index (χ1) is 5.61. The Bertz CT molecular complexity index is 443. The summed E-state index contributed by atoms with van der Waals surface area (Å²) in [6.07, 6.45) is 1.08. The molecule has 2 rings (SSSR count). The minimum Gasteiger partial charge on any atom is -0.505 e. The van der Waals surface area contributed by atoms with Crippen LogP contribution < -0.4 is 4.72 Å². The molecule has 2 heterocycles. The lowest BCUT2D eigenvalue weighted by Crippen LogP contribution is -2.22. The zero-order valence-corrected chi connectivity index (χ0v) is 7.45. The molecule has 6 heteroatoms. The second-order valence-electron chi connectivity index (χ2n) is 2.26. The van der Waals surface area contributed by atoms with Gasteiger partial charge in [-0.2, -0.15) is 0 Å². The Labute approximate surface area is 73.2 Å². The van der Waals surface area contributed by atoms with E-state index in [2.05, 4.69) is 4.72 Å². The fourth-order valence-corrected chi connectivity index (χ4v) is 3.21. The van der Waals surface area contributed by atoms with E-state index in [1.165, 1.54) is 17.4 Å². The Morgan fingerprint density at radius 1 is 1.50 bits per heavy atom. The van der Waals surface area contributed by atoms with E-state index < -0.39 is 10.0 Å². The van der Waals surface area contributed by atoms with E-state index in [4.69, 9.17) is 0 Å². The highest BCUT2D eigenvalue weighted by atomic mass is 32.2. The summed E-state index contributed by atoms with van der Waals surface area (Å²) in [5.41, 5.74) is 0. The van der Waals surface area contributed by atoms with Crippen LogP contribution in [0.4, 0.5) is 0 Å². The molecule has 64 valence electrons. The predicted octanol–water partition coefficient (Wildman–Crippen LogP) is 0.896. The third-order valence-corrected chi connectivity index (χ3v) is 3.92. The van der Waals surface area contributed by atoms with E-state index in [1.807, 2.05) is 0 Å². The van der Waals surface area contributed by atoms with Gasteiger partial charge in [-0.25, -0.2) is 8.42 Å². The maximum atomic E-state index is 11.2. The molecule has 0 saturated carbocycles. The number of aliphatic hydroxyl groups excluding tert-OH is 1. The van der Waals surface area contributed by atoms with Crippen molar-refractivity contribution >= 4 is 27.1 Å². The molecule has 1 aromatic rings. The number of aliphatic hydroxyl groups is 1. The molecule has 0 bridgehead atoms. The van der Waals surface area contributed by atoms with Crippen molar-refractivity contribution in [2.24, 2.45) is 0 Å². The summed E-state index contributed by atoms with van der Waals surface area (Å²) < 4.78 is 24.6. The highest BCUT2D eigenvalue weighted by Gasteiger charge is 2.24. The van der Waals surface area contributed by atoms with Crippen molar-refractivity contribution in [3.63, 3.8) is 0 Å². The molecule has 4 nitrogen and oxygen atoms in total. The SMILES string of the molecule is O=S1(=O)NC=C(O)c2sccc21. The van der Waals surface area contributed by atoms with Crippen LogP contribution in [0.1, 0.15) is 4.88 Å². The molecule has 0 radical (unpaired) electrons. The van der Waals surface area contributed by atoms with E-state index >= 15 is 0 Å². The first-order valence-corrected chi connectivity index (χ1v) is 5.47. The molecule has 1 aromatic heterocycles. The van der Waals surface area contributed by atoms with Gasteiger partial charge in [0.15, 0.2) is 5.76 Å². The molecule has 12 heavy (non-hydrogen) atoms. The maximum absolute atomic E-state index is 11.2. The number of rotatable bonds is 0. The summed E-state index contributed by atoms with van der Waals surface area (Å²) >= 11 is 1.20. The fourth-order valence-electron chi connectivity index (χ4n) is 0.958. The molecule has 0 aliphatic carbocycles. The largest absolute Gasteiger partial charge is 0.505 e. The fraction of sp³-hybridized carbons (Fsp3) is 0. The van der Waals surface area contributed by atoms with Crippen LogP contribution in [0.25, 0.3) is 5.76 Å². The predicted molar refractivity (Wildman–Crippen MR) is 45.2 cm³/mol. The summed E-state index contributed by atoms with van der Waals surface area (Å²) in [6, 6.07) is 1.46. The normalized spacial score (nSPS) is 19.2. The van der Waals surface area contributed by atoms with Crippen molar-refractivity contribution in [2.45, 2.75) is 4.90 Å². The average molecular weight is 203 g/mol. The van der Waals surface area contributed by atoms with Crippen LogP contribution in [0.2, 0.25) is 0 Å². The number of hydrogen-bond donors (Lipinski definition) is 2.